The van der Waals surface area contributed by atoms with Gasteiger partial charge in [0.25, 0.3) is 5.91 Å². The number of aromatic nitrogens is 1. The minimum absolute atomic E-state index is 0.0838. The van der Waals surface area contributed by atoms with E-state index in [9.17, 15) is 4.79 Å². The fourth-order valence-corrected chi connectivity index (χ4v) is 2.98. The van der Waals surface area contributed by atoms with Gasteiger partial charge in [0.05, 0.1) is 11.2 Å². The van der Waals surface area contributed by atoms with Crippen LogP contribution in [0.3, 0.4) is 0 Å². The van der Waals surface area contributed by atoms with Gasteiger partial charge >= 0.3 is 0 Å². The minimum atomic E-state index is 0.0838. The van der Waals surface area contributed by atoms with E-state index in [2.05, 4.69) is 4.98 Å². The van der Waals surface area contributed by atoms with Gasteiger partial charge in [0.15, 0.2) is 0 Å². The smallest absolute Gasteiger partial charge is 0.266 e. The van der Waals surface area contributed by atoms with Gasteiger partial charge in [0.1, 0.15) is 4.88 Å². The number of nitrogens with zero attached hydrogens (tertiary/aromatic N) is 2. The van der Waals surface area contributed by atoms with E-state index >= 15 is 0 Å². The van der Waals surface area contributed by atoms with Crippen LogP contribution in [0.25, 0.3) is 0 Å². The molecule has 0 saturated heterocycles. The number of aryl methyl sites for hydroxylation is 1. The topological polar surface area (TPSA) is 59.2 Å². The summed E-state index contributed by atoms with van der Waals surface area (Å²) >= 11 is 1.46. The molecule has 0 atom stereocenters. The summed E-state index contributed by atoms with van der Waals surface area (Å²) in [5, 5.41) is 0.924. The first kappa shape index (κ1) is 13.1. The molecule has 20 heavy (non-hydrogen) atoms. The fourth-order valence-electron chi connectivity index (χ4n) is 2.24. The van der Waals surface area contributed by atoms with Crippen LogP contribution in [0, 0.1) is 6.92 Å². The Labute approximate surface area is 122 Å². The Morgan fingerprint density at radius 2 is 2.30 bits per heavy atom. The lowest BCUT2D eigenvalue weighted by Gasteiger charge is -2.22. The third-order valence-electron chi connectivity index (χ3n) is 3.38. The SMILES string of the molecule is Cc1ncc(C(=O)N(Cc2cccc(N)c2)C2CC2)s1. The van der Waals surface area contributed by atoms with E-state index in [0.717, 1.165) is 34.0 Å². The summed E-state index contributed by atoms with van der Waals surface area (Å²) in [5.41, 5.74) is 7.62. The minimum Gasteiger partial charge on any atom is -0.399 e. The number of carbonyl (C=O) groups excluding carboxylic acids is 1. The molecule has 0 radical (unpaired) electrons. The van der Waals surface area contributed by atoms with Crippen LogP contribution in [0.1, 0.15) is 33.1 Å². The van der Waals surface area contributed by atoms with Crippen molar-refractivity contribution < 1.29 is 4.79 Å². The van der Waals surface area contributed by atoms with Crippen LogP contribution in [0.4, 0.5) is 5.69 Å². The average molecular weight is 287 g/mol. The molecule has 4 nitrogen and oxygen atoms in total. The van der Waals surface area contributed by atoms with Gasteiger partial charge in [-0.05, 0) is 37.5 Å². The number of nitrogen functional groups attached to an aromatic ring is 1. The first-order chi connectivity index (χ1) is 9.63. The van der Waals surface area contributed by atoms with Gasteiger partial charge in [-0.2, -0.15) is 0 Å². The van der Waals surface area contributed by atoms with Crippen LogP contribution >= 0.6 is 11.3 Å². The highest BCUT2D eigenvalue weighted by Gasteiger charge is 2.33. The normalized spacial score (nSPS) is 14.2. The summed E-state index contributed by atoms with van der Waals surface area (Å²) in [7, 11) is 0. The zero-order chi connectivity index (χ0) is 14.1. The van der Waals surface area contributed by atoms with Crippen molar-refractivity contribution >= 4 is 22.9 Å². The van der Waals surface area contributed by atoms with E-state index < -0.39 is 0 Å². The molecular weight excluding hydrogens is 270 g/mol. The van der Waals surface area contributed by atoms with Crippen molar-refractivity contribution in [3.05, 3.63) is 45.9 Å². The molecule has 1 aliphatic rings. The number of thiazole rings is 1. The molecule has 0 aliphatic heterocycles. The number of amides is 1. The zero-order valence-electron chi connectivity index (χ0n) is 11.4. The first-order valence-electron chi connectivity index (χ1n) is 6.71. The van der Waals surface area contributed by atoms with Gasteiger partial charge in [-0.25, -0.2) is 4.98 Å². The summed E-state index contributed by atoms with van der Waals surface area (Å²) in [5.74, 6) is 0.0838. The Morgan fingerprint density at radius 1 is 1.50 bits per heavy atom. The molecule has 1 heterocycles. The van der Waals surface area contributed by atoms with Gasteiger partial charge in [-0.1, -0.05) is 12.1 Å². The summed E-state index contributed by atoms with van der Waals surface area (Å²) in [6, 6.07) is 8.10. The molecular formula is C15H17N3OS. The predicted octanol–water partition coefficient (Wildman–Crippen LogP) is 2.84. The second kappa shape index (κ2) is 5.25. The van der Waals surface area contributed by atoms with E-state index in [4.69, 9.17) is 5.73 Å². The largest absolute Gasteiger partial charge is 0.399 e. The van der Waals surface area contributed by atoms with E-state index in [1.165, 1.54) is 11.3 Å². The Kier molecular flexibility index (Phi) is 3.44. The van der Waals surface area contributed by atoms with Crippen LogP contribution in [0.5, 0.6) is 0 Å². The zero-order valence-corrected chi connectivity index (χ0v) is 12.2. The molecule has 1 fully saturated rings. The van der Waals surface area contributed by atoms with Crippen molar-refractivity contribution in [2.75, 3.05) is 5.73 Å². The van der Waals surface area contributed by atoms with Crippen LogP contribution in [-0.4, -0.2) is 21.8 Å². The molecule has 1 saturated carbocycles. The molecule has 1 aliphatic carbocycles. The first-order valence-corrected chi connectivity index (χ1v) is 7.53. The van der Waals surface area contributed by atoms with Gasteiger partial charge < -0.3 is 10.6 Å². The maximum atomic E-state index is 12.6. The molecule has 1 aromatic carbocycles. The summed E-state index contributed by atoms with van der Waals surface area (Å²) < 4.78 is 0. The van der Waals surface area contributed by atoms with Crippen LogP contribution in [-0.2, 0) is 6.54 Å². The van der Waals surface area contributed by atoms with Crippen LogP contribution < -0.4 is 5.73 Å². The Hall–Kier alpha value is -1.88. The average Bonchev–Trinajstić information content (AvgIpc) is 3.17. The van der Waals surface area contributed by atoms with E-state index in [-0.39, 0.29) is 5.91 Å². The quantitative estimate of drug-likeness (QED) is 0.880. The fraction of sp³-hybridized carbons (Fsp3) is 0.333. The number of benzene rings is 1. The van der Waals surface area contributed by atoms with Crippen LogP contribution in [0.15, 0.2) is 30.5 Å². The standard InChI is InChI=1S/C15H17N3OS/c1-10-17-8-14(20-10)15(19)18(13-5-6-13)9-11-3-2-4-12(16)7-11/h2-4,7-8,13H,5-6,9,16H2,1H3. The summed E-state index contributed by atoms with van der Waals surface area (Å²) in [6.45, 7) is 2.53. The lowest BCUT2D eigenvalue weighted by molar-refractivity contribution is 0.0734. The lowest BCUT2D eigenvalue weighted by atomic mass is 10.2. The van der Waals surface area contributed by atoms with Crippen LogP contribution in [0.2, 0.25) is 0 Å². The molecule has 0 spiro atoms. The molecule has 0 unspecified atom stereocenters. The third-order valence-corrected chi connectivity index (χ3v) is 4.29. The number of anilines is 1. The maximum Gasteiger partial charge on any atom is 0.266 e. The second-order valence-corrected chi connectivity index (χ2v) is 6.39. The van der Waals surface area contributed by atoms with Gasteiger partial charge in [0, 0.05) is 18.3 Å². The second-order valence-electron chi connectivity index (χ2n) is 5.15. The monoisotopic (exact) mass is 287 g/mol. The van der Waals surface area contributed by atoms with E-state index in [1.807, 2.05) is 36.1 Å². The predicted molar refractivity (Wildman–Crippen MR) is 80.6 cm³/mol. The van der Waals surface area contributed by atoms with E-state index in [0.29, 0.717) is 12.6 Å². The number of nitrogens with two attached hydrogens (primary N) is 1. The van der Waals surface area contributed by atoms with Crippen molar-refractivity contribution in [2.45, 2.75) is 32.4 Å². The highest BCUT2D eigenvalue weighted by molar-refractivity contribution is 7.13. The Bertz CT molecular complexity index is 634. The molecule has 0 bridgehead atoms. The van der Waals surface area contributed by atoms with E-state index in [1.54, 1.807) is 6.20 Å². The van der Waals surface area contributed by atoms with Crippen molar-refractivity contribution in [3.63, 3.8) is 0 Å². The molecule has 1 aromatic heterocycles. The molecule has 2 aromatic rings. The molecule has 104 valence electrons. The summed E-state index contributed by atoms with van der Waals surface area (Å²) in [6.07, 6.45) is 3.86. The number of hydrogen-bond donors (Lipinski definition) is 1. The summed E-state index contributed by atoms with van der Waals surface area (Å²) in [4.78, 5) is 19.4. The van der Waals surface area contributed by atoms with Crippen molar-refractivity contribution in [2.24, 2.45) is 0 Å². The molecule has 5 heteroatoms. The van der Waals surface area contributed by atoms with Crippen molar-refractivity contribution in [1.82, 2.24) is 9.88 Å². The highest BCUT2D eigenvalue weighted by atomic mass is 32.1. The highest BCUT2D eigenvalue weighted by Crippen LogP contribution is 2.31. The van der Waals surface area contributed by atoms with Gasteiger partial charge in [-0.3, -0.25) is 4.79 Å². The van der Waals surface area contributed by atoms with Crippen molar-refractivity contribution in [3.8, 4) is 0 Å². The Morgan fingerprint density at radius 3 is 2.90 bits per heavy atom. The maximum absolute atomic E-state index is 12.6. The number of rotatable bonds is 4. The lowest BCUT2D eigenvalue weighted by Crippen LogP contribution is -2.32. The number of carbonyl (C=O) groups is 1. The van der Waals surface area contributed by atoms with Gasteiger partial charge in [-0.15, -0.1) is 11.3 Å². The third kappa shape index (κ3) is 2.82. The molecule has 2 N–H and O–H groups in total. The molecule has 1 amide bonds. The molecule has 3 rings (SSSR count). The van der Waals surface area contributed by atoms with Gasteiger partial charge in [0.2, 0.25) is 0 Å². The van der Waals surface area contributed by atoms with Crippen molar-refractivity contribution in [1.29, 1.82) is 0 Å². The number of hydrogen-bond acceptors (Lipinski definition) is 4. The Balaban J connectivity index is 1.81.